The zero-order valence-corrected chi connectivity index (χ0v) is 16.9. The molecule has 154 valence electrons. The Balaban J connectivity index is 2.35. The maximum atomic E-state index is 12.6. The number of carbonyl (C=O) groups is 3. The molecule has 0 aliphatic heterocycles. The van der Waals surface area contributed by atoms with E-state index in [-0.39, 0.29) is 6.54 Å². The summed E-state index contributed by atoms with van der Waals surface area (Å²) in [6.07, 6.45) is -0.700. The van der Waals surface area contributed by atoms with Crippen LogP contribution in [0, 0.1) is 0 Å². The standard InChI is InChI=1S/C22H25NO6/c1-22(2,3)29-21(27)23(14-18(24)28-4)17-12-10-16(11-13-17)19(20(25)26)15-8-6-5-7-9-15/h5-13,19H,14H2,1-4H3,(H,25,26)/t19-/m1/s1. The summed E-state index contributed by atoms with van der Waals surface area (Å²) < 4.78 is 10.0. The van der Waals surface area contributed by atoms with Gasteiger partial charge in [-0.1, -0.05) is 42.5 Å². The molecule has 0 bridgehead atoms. The highest BCUT2D eigenvalue weighted by Gasteiger charge is 2.27. The van der Waals surface area contributed by atoms with Crippen LogP contribution >= 0.6 is 0 Å². The number of anilines is 1. The molecule has 0 fully saturated rings. The molecule has 0 aromatic heterocycles. The van der Waals surface area contributed by atoms with E-state index >= 15 is 0 Å². The second-order valence-corrected chi connectivity index (χ2v) is 7.42. The van der Waals surface area contributed by atoms with E-state index in [1.54, 1.807) is 69.3 Å². The lowest BCUT2D eigenvalue weighted by Crippen LogP contribution is -2.40. The first-order valence-corrected chi connectivity index (χ1v) is 9.07. The number of nitrogens with zero attached hydrogens (tertiary/aromatic N) is 1. The summed E-state index contributed by atoms with van der Waals surface area (Å²) in [7, 11) is 1.23. The number of methoxy groups -OCH3 is 1. The summed E-state index contributed by atoms with van der Waals surface area (Å²) in [5.41, 5.74) is 0.846. The van der Waals surface area contributed by atoms with Crippen LogP contribution in [-0.2, 0) is 19.1 Å². The maximum absolute atomic E-state index is 12.6. The lowest BCUT2D eigenvalue weighted by molar-refractivity contribution is -0.139. The van der Waals surface area contributed by atoms with Gasteiger partial charge in [-0.05, 0) is 44.0 Å². The van der Waals surface area contributed by atoms with Gasteiger partial charge in [-0.15, -0.1) is 0 Å². The van der Waals surface area contributed by atoms with Gasteiger partial charge >= 0.3 is 18.0 Å². The number of esters is 1. The minimum atomic E-state index is -0.984. The Kier molecular flexibility index (Phi) is 6.98. The number of hydrogen-bond acceptors (Lipinski definition) is 5. The Bertz CT molecular complexity index is 855. The number of carboxylic acid groups (broad SMARTS) is 1. The number of amides is 1. The van der Waals surface area contributed by atoms with Crippen molar-refractivity contribution in [2.75, 3.05) is 18.6 Å². The molecule has 0 unspecified atom stereocenters. The Hall–Kier alpha value is -3.35. The topological polar surface area (TPSA) is 93.1 Å². The molecule has 1 N–H and O–H groups in total. The Morgan fingerprint density at radius 3 is 2.00 bits per heavy atom. The second-order valence-electron chi connectivity index (χ2n) is 7.42. The minimum absolute atomic E-state index is 0.328. The molecule has 1 amide bonds. The molecule has 0 radical (unpaired) electrons. The van der Waals surface area contributed by atoms with Gasteiger partial charge in [0.15, 0.2) is 0 Å². The van der Waals surface area contributed by atoms with Crippen molar-refractivity contribution in [3.05, 3.63) is 65.7 Å². The highest BCUT2D eigenvalue weighted by molar-refractivity contribution is 5.93. The molecule has 1 atom stereocenters. The van der Waals surface area contributed by atoms with E-state index in [9.17, 15) is 19.5 Å². The van der Waals surface area contributed by atoms with Gasteiger partial charge in [0, 0.05) is 5.69 Å². The van der Waals surface area contributed by atoms with E-state index in [1.807, 2.05) is 6.07 Å². The molecule has 0 saturated heterocycles. The van der Waals surface area contributed by atoms with Crippen LogP contribution in [0.15, 0.2) is 54.6 Å². The summed E-state index contributed by atoms with van der Waals surface area (Å²) in [5, 5.41) is 9.68. The van der Waals surface area contributed by atoms with Crippen LogP contribution in [0.1, 0.15) is 37.8 Å². The van der Waals surface area contributed by atoms with Gasteiger partial charge < -0.3 is 14.6 Å². The Morgan fingerprint density at radius 1 is 0.966 bits per heavy atom. The Morgan fingerprint density at radius 2 is 1.52 bits per heavy atom. The molecular weight excluding hydrogens is 374 g/mol. The lowest BCUT2D eigenvalue weighted by Gasteiger charge is -2.27. The van der Waals surface area contributed by atoms with Crippen molar-refractivity contribution in [1.82, 2.24) is 0 Å². The van der Waals surface area contributed by atoms with E-state index in [0.717, 1.165) is 4.90 Å². The van der Waals surface area contributed by atoms with Gasteiger partial charge in [-0.2, -0.15) is 0 Å². The maximum Gasteiger partial charge on any atom is 0.415 e. The molecule has 0 aliphatic carbocycles. The average Bonchev–Trinajstić information content (AvgIpc) is 2.66. The van der Waals surface area contributed by atoms with Crippen LogP contribution in [0.25, 0.3) is 0 Å². The number of aliphatic carboxylic acids is 1. The van der Waals surface area contributed by atoms with Crippen molar-refractivity contribution in [2.24, 2.45) is 0 Å². The number of carbonyl (C=O) groups excluding carboxylic acids is 2. The van der Waals surface area contributed by atoms with Gasteiger partial charge in [0.05, 0.1) is 7.11 Å². The van der Waals surface area contributed by atoms with Gasteiger partial charge in [0.25, 0.3) is 0 Å². The first-order chi connectivity index (χ1) is 13.6. The number of rotatable bonds is 6. The monoisotopic (exact) mass is 399 g/mol. The third-order valence-electron chi connectivity index (χ3n) is 4.05. The van der Waals surface area contributed by atoms with E-state index in [2.05, 4.69) is 4.74 Å². The van der Waals surface area contributed by atoms with E-state index in [0.29, 0.717) is 16.8 Å². The van der Waals surface area contributed by atoms with Gasteiger partial charge in [-0.3, -0.25) is 14.5 Å². The lowest BCUT2D eigenvalue weighted by atomic mass is 9.91. The molecule has 2 aromatic carbocycles. The van der Waals surface area contributed by atoms with Gasteiger partial charge in [-0.25, -0.2) is 4.79 Å². The first kappa shape index (κ1) is 21.9. The van der Waals surface area contributed by atoms with E-state index in [4.69, 9.17) is 4.74 Å². The SMILES string of the molecule is COC(=O)CN(C(=O)OC(C)(C)C)c1ccc([C@H](C(=O)O)c2ccccc2)cc1. The zero-order chi connectivity index (χ0) is 21.6. The van der Waals surface area contributed by atoms with Crippen molar-refractivity contribution >= 4 is 23.7 Å². The predicted molar refractivity (Wildman–Crippen MR) is 108 cm³/mol. The van der Waals surface area contributed by atoms with Crippen molar-refractivity contribution in [3.63, 3.8) is 0 Å². The number of hydrogen-bond donors (Lipinski definition) is 1. The highest BCUT2D eigenvalue weighted by atomic mass is 16.6. The third kappa shape index (κ3) is 6.07. The van der Waals surface area contributed by atoms with Crippen molar-refractivity contribution in [1.29, 1.82) is 0 Å². The Labute approximate surface area is 169 Å². The van der Waals surface area contributed by atoms with Crippen LogP contribution in [0.2, 0.25) is 0 Å². The number of benzene rings is 2. The molecule has 0 heterocycles. The smallest absolute Gasteiger partial charge is 0.415 e. The van der Waals surface area contributed by atoms with Gasteiger partial charge in [0.1, 0.15) is 18.1 Å². The third-order valence-corrected chi connectivity index (χ3v) is 4.05. The number of carboxylic acids is 1. The molecular formula is C22H25NO6. The quantitative estimate of drug-likeness (QED) is 0.743. The number of ether oxygens (including phenoxy) is 2. The zero-order valence-electron chi connectivity index (χ0n) is 16.9. The molecule has 0 spiro atoms. The summed E-state index contributed by atoms with van der Waals surface area (Å²) in [6.45, 7) is 4.84. The van der Waals surface area contributed by atoms with Gasteiger partial charge in [0.2, 0.25) is 0 Å². The molecule has 2 aromatic rings. The molecule has 0 saturated carbocycles. The summed E-state index contributed by atoms with van der Waals surface area (Å²) in [6, 6.07) is 15.3. The first-order valence-electron chi connectivity index (χ1n) is 9.07. The molecule has 29 heavy (non-hydrogen) atoms. The van der Waals surface area contributed by atoms with E-state index in [1.165, 1.54) is 7.11 Å². The molecule has 7 nitrogen and oxygen atoms in total. The van der Waals surface area contributed by atoms with E-state index < -0.39 is 29.6 Å². The normalized spacial score (nSPS) is 12.0. The van der Waals surface area contributed by atoms with Crippen LogP contribution in [0.3, 0.4) is 0 Å². The highest BCUT2D eigenvalue weighted by Crippen LogP contribution is 2.27. The molecule has 7 heteroatoms. The molecule has 0 aliphatic rings. The van der Waals surface area contributed by atoms with Crippen molar-refractivity contribution < 1.29 is 29.0 Å². The fourth-order valence-electron chi connectivity index (χ4n) is 2.74. The van der Waals surface area contributed by atoms with Crippen LogP contribution in [-0.4, -0.2) is 42.4 Å². The largest absolute Gasteiger partial charge is 0.481 e. The predicted octanol–water partition coefficient (Wildman–Crippen LogP) is 3.82. The summed E-state index contributed by atoms with van der Waals surface area (Å²) >= 11 is 0. The van der Waals surface area contributed by atoms with Crippen molar-refractivity contribution in [3.8, 4) is 0 Å². The van der Waals surface area contributed by atoms with Crippen LogP contribution in [0.4, 0.5) is 10.5 Å². The fourth-order valence-corrected chi connectivity index (χ4v) is 2.74. The second kappa shape index (κ2) is 9.23. The van der Waals surface area contributed by atoms with Crippen molar-refractivity contribution in [2.45, 2.75) is 32.3 Å². The summed E-state index contributed by atoms with van der Waals surface area (Å²) in [5.74, 6) is -2.43. The summed E-state index contributed by atoms with van der Waals surface area (Å²) in [4.78, 5) is 37.3. The molecule has 2 rings (SSSR count). The van der Waals surface area contributed by atoms with Crippen LogP contribution < -0.4 is 4.90 Å². The fraction of sp³-hybridized carbons (Fsp3) is 0.318. The average molecular weight is 399 g/mol. The minimum Gasteiger partial charge on any atom is -0.481 e. The van der Waals surface area contributed by atoms with Crippen LogP contribution in [0.5, 0.6) is 0 Å².